The summed E-state index contributed by atoms with van der Waals surface area (Å²) in [6.07, 6.45) is 1.83. The average Bonchev–Trinajstić information content (AvgIpc) is 2.94. The third-order valence-electron chi connectivity index (χ3n) is 3.51. The van der Waals surface area contributed by atoms with Gasteiger partial charge >= 0.3 is 0 Å². The van der Waals surface area contributed by atoms with Crippen LogP contribution in [-0.4, -0.2) is 18.8 Å². The van der Waals surface area contributed by atoms with Crippen molar-refractivity contribution in [1.82, 2.24) is 0 Å². The van der Waals surface area contributed by atoms with E-state index in [0.717, 1.165) is 24.3 Å². The summed E-state index contributed by atoms with van der Waals surface area (Å²) in [5.41, 5.74) is 6.29. The van der Waals surface area contributed by atoms with Crippen LogP contribution in [0.5, 0.6) is 11.5 Å². The van der Waals surface area contributed by atoms with Gasteiger partial charge in [0.05, 0.1) is 0 Å². The third kappa shape index (κ3) is 2.81. The van der Waals surface area contributed by atoms with Gasteiger partial charge in [-0.3, -0.25) is 0 Å². The molecule has 2 N–H and O–H groups in total. The molecule has 2 heterocycles. The molecule has 0 radical (unpaired) electrons. The highest BCUT2D eigenvalue weighted by atomic mass is 32.1. The first-order chi connectivity index (χ1) is 9.76. The summed E-state index contributed by atoms with van der Waals surface area (Å²) in [4.78, 5) is 2.72. The van der Waals surface area contributed by atoms with Crippen LogP contribution < -0.4 is 15.2 Å². The van der Waals surface area contributed by atoms with Crippen molar-refractivity contribution >= 4 is 11.3 Å². The monoisotopic (exact) mass is 289 g/mol. The van der Waals surface area contributed by atoms with Gasteiger partial charge in [0, 0.05) is 22.2 Å². The Balaban J connectivity index is 1.65. The molecule has 1 aromatic heterocycles. The van der Waals surface area contributed by atoms with E-state index in [1.54, 1.807) is 0 Å². The molecular formula is C16H19NO2S. The van der Waals surface area contributed by atoms with E-state index in [0.29, 0.717) is 6.61 Å². The largest absolute Gasteiger partial charge is 0.486 e. The zero-order chi connectivity index (χ0) is 13.9. The van der Waals surface area contributed by atoms with Gasteiger partial charge in [0.15, 0.2) is 11.5 Å². The van der Waals surface area contributed by atoms with Gasteiger partial charge in [0.25, 0.3) is 0 Å². The molecular weight excluding hydrogens is 270 g/mol. The summed E-state index contributed by atoms with van der Waals surface area (Å²) in [7, 11) is 0. The third-order valence-corrected chi connectivity index (χ3v) is 4.76. The Morgan fingerprint density at radius 2 is 1.95 bits per heavy atom. The molecule has 0 saturated carbocycles. The number of para-hydroxylation sites is 2. The molecule has 3 rings (SSSR count). The van der Waals surface area contributed by atoms with Gasteiger partial charge < -0.3 is 15.2 Å². The Labute approximate surface area is 123 Å². The van der Waals surface area contributed by atoms with E-state index in [9.17, 15) is 0 Å². The lowest BCUT2D eigenvalue weighted by molar-refractivity contribution is 0.0724. The number of aryl methyl sites for hydroxylation is 1. The maximum Gasteiger partial charge on any atom is 0.161 e. The molecule has 2 unspecified atom stereocenters. The molecule has 0 amide bonds. The number of hydrogen-bond acceptors (Lipinski definition) is 4. The van der Waals surface area contributed by atoms with Gasteiger partial charge in [-0.25, -0.2) is 0 Å². The second-order valence-electron chi connectivity index (χ2n) is 5.00. The molecule has 1 aromatic carbocycles. The zero-order valence-electron chi connectivity index (χ0n) is 11.5. The maximum atomic E-state index is 6.29. The van der Waals surface area contributed by atoms with Crippen LogP contribution >= 0.6 is 11.3 Å². The Hall–Kier alpha value is -1.52. The first-order valence-electron chi connectivity index (χ1n) is 6.98. The van der Waals surface area contributed by atoms with Crippen molar-refractivity contribution in [3.63, 3.8) is 0 Å². The molecule has 0 spiro atoms. The molecule has 4 heteroatoms. The van der Waals surface area contributed by atoms with Gasteiger partial charge in [-0.15, -0.1) is 11.3 Å². The van der Waals surface area contributed by atoms with Crippen molar-refractivity contribution in [1.29, 1.82) is 0 Å². The predicted octanol–water partition coefficient (Wildman–Crippen LogP) is 3.02. The zero-order valence-corrected chi connectivity index (χ0v) is 12.4. The van der Waals surface area contributed by atoms with Gasteiger partial charge in [0.1, 0.15) is 12.7 Å². The van der Waals surface area contributed by atoms with E-state index in [2.05, 4.69) is 19.1 Å². The minimum Gasteiger partial charge on any atom is -0.486 e. The van der Waals surface area contributed by atoms with E-state index in [1.807, 2.05) is 35.6 Å². The fourth-order valence-electron chi connectivity index (χ4n) is 2.33. The summed E-state index contributed by atoms with van der Waals surface area (Å²) in [6, 6.07) is 12.0. The highest BCUT2D eigenvalue weighted by Gasteiger charge is 2.26. The van der Waals surface area contributed by atoms with Crippen molar-refractivity contribution in [3.05, 3.63) is 46.2 Å². The maximum absolute atomic E-state index is 6.29. The van der Waals surface area contributed by atoms with Crippen LogP contribution in [-0.2, 0) is 12.8 Å². The highest BCUT2D eigenvalue weighted by Crippen LogP contribution is 2.32. The van der Waals surface area contributed by atoms with E-state index in [4.69, 9.17) is 15.2 Å². The fraction of sp³-hybridized carbons (Fsp3) is 0.375. The molecule has 0 bridgehead atoms. The first kappa shape index (κ1) is 13.5. The Kier molecular flexibility index (Phi) is 3.94. The van der Waals surface area contributed by atoms with E-state index < -0.39 is 0 Å². The number of benzene rings is 1. The molecule has 0 saturated heterocycles. The molecule has 2 atom stereocenters. The lowest BCUT2D eigenvalue weighted by Crippen LogP contribution is -2.46. The number of ether oxygens (including phenoxy) is 2. The van der Waals surface area contributed by atoms with Gasteiger partial charge in [0.2, 0.25) is 0 Å². The summed E-state index contributed by atoms with van der Waals surface area (Å²) in [5.74, 6) is 1.60. The van der Waals surface area contributed by atoms with Crippen LogP contribution in [0.3, 0.4) is 0 Å². The van der Waals surface area contributed by atoms with Gasteiger partial charge in [-0.1, -0.05) is 19.1 Å². The number of hydrogen-bond donors (Lipinski definition) is 1. The quantitative estimate of drug-likeness (QED) is 0.941. The van der Waals surface area contributed by atoms with E-state index in [1.165, 1.54) is 9.75 Å². The Morgan fingerprint density at radius 1 is 1.20 bits per heavy atom. The van der Waals surface area contributed by atoms with Crippen molar-refractivity contribution in [2.75, 3.05) is 6.61 Å². The predicted molar refractivity (Wildman–Crippen MR) is 81.7 cm³/mol. The van der Waals surface area contributed by atoms with Crippen molar-refractivity contribution in [2.45, 2.75) is 31.9 Å². The van der Waals surface area contributed by atoms with Crippen LogP contribution in [0.15, 0.2) is 36.4 Å². The molecule has 2 aromatic rings. The van der Waals surface area contributed by atoms with Crippen LogP contribution in [0.2, 0.25) is 0 Å². The number of rotatable bonds is 4. The normalized spacial score (nSPS) is 18.8. The summed E-state index contributed by atoms with van der Waals surface area (Å²) < 4.78 is 11.7. The van der Waals surface area contributed by atoms with Crippen molar-refractivity contribution in [3.8, 4) is 11.5 Å². The Bertz CT molecular complexity index is 581. The van der Waals surface area contributed by atoms with Gasteiger partial charge in [-0.05, 0) is 30.7 Å². The molecule has 0 fully saturated rings. The van der Waals surface area contributed by atoms with Crippen molar-refractivity contribution < 1.29 is 9.47 Å². The second-order valence-corrected chi connectivity index (χ2v) is 6.26. The lowest BCUT2D eigenvalue weighted by Gasteiger charge is -2.30. The minimum atomic E-state index is -0.0860. The fourth-order valence-corrected chi connectivity index (χ4v) is 3.36. The Morgan fingerprint density at radius 3 is 2.70 bits per heavy atom. The molecule has 3 nitrogen and oxygen atoms in total. The van der Waals surface area contributed by atoms with Crippen LogP contribution in [0, 0.1) is 0 Å². The number of nitrogens with two attached hydrogens (primary N) is 1. The summed E-state index contributed by atoms with van der Waals surface area (Å²) >= 11 is 1.83. The summed E-state index contributed by atoms with van der Waals surface area (Å²) in [5, 5.41) is 0. The smallest absolute Gasteiger partial charge is 0.161 e. The number of fused-ring (bicyclic) bond motifs is 1. The van der Waals surface area contributed by atoms with E-state index >= 15 is 0 Å². The molecule has 0 aliphatic carbocycles. The lowest BCUT2D eigenvalue weighted by atomic mass is 10.1. The minimum absolute atomic E-state index is 0.0493. The molecule has 1 aliphatic rings. The highest BCUT2D eigenvalue weighted by molar-refractivity contribution is 7.11. The van der Waals surface area contributed by atoms with Gasteiger partial charge in [-0.2, -0.15) is 0 Å². The average molecular weight is 289 g/mol. The standard InChI is InChI=1S/C16H19NO2S/c1-2-11-7-8-12(20-11)9-13(17)16-10-18-14-5-3-4-6-15(14)19-16/h3-8,13,16H,2,9-10,17H2,1H3. The van der Waals surface area contributed by atoms with Crippen LogP contribution in [0.4, 0.5) is 0 Å². The first-order valence-corrected chi connectivity index (χ1v) is 7.79. The second kappa shape index (κ2) is 5.85. The topological polar surface area (TPSA) is 44.5 Å². The van der Waals surface area contributed by atoms with Crippen LogP contribution in [0.25, 0.3) is 0 Å². The molecule has 106 valence electrons. The SMILES string of the molecule is CCc1ccc(CC(N)C2COc3ccccc3O2)s1. The van der Waals surface area contributed by atoms with Crippen LogP contribution in [0.1, 0.15) is 16.7 Å². The molecule has 20 heavy (non-hydrogen) atoms. The molecule has 1 aliphatic heterocycles. The number of thiophene rings is 1. The summed E-state index contributed by atoms with van der Waals surface area (Å²) in [6.45, 7) is 2.69. The van der Waals surface area contributed by atoms with E-state index in [-0.39, 0.29) is 12.1 Å². The van der Waals surface area contributed by atoms with Crippen molar-refractivity contribution in [2.24, 2.45) is 5.73 Å².